The Hall–Kier alpha value is -2.01. The van der Waals surface area contributed by atoms with E-state index in [1.165, 1.54) is 25.8 Å². The average Bonchev–Trinajstić information content (AvgIpc) is 3.19. The fourth-order valence-corrected chi connectivity index (χ4v) is 4.17. The molecule has 2 saturated heterocycles. The highest BCUT2D eigenvalue weighted by Gasteiger charge is 2.36. The van der Waals surface area contributed by atoms with Crippen LogP contribution in [0.5, 0.6) is 5.75 Å². The van der Waals surface area contributed by atoms with Gasteiger partial charge < -0.3 is 14.5 Å². The number of piperidine rings is 1. The first kappa shape index (κ1) is 15.5. The minimum atomic E-state index is 0.0888. The van der Waals surface area contributed by atoms with Crippen LogP contribution < -0.4 is 10.1 Å². The molecule has 5 nitrogen and oxygen atoms in total. The number of methoxy groups -OCH3 is 1. The quantitative estimate of drug-likeness (QED) is 0.938. The Kier molecular flexibility index (Phi) is 4.19. The highest BCUT2D eigenvalue weighted by atomic mass is 16.5. The van der Waals surface area contributed by atoms with E-state index in [2.05, 4.69) is 10.2 Å². The number of amides is 1. The number of hydrogen-bond donors (Lipinski definition) is 1. The predicted octanol–water partition coefficient (Wildman–Crippen LogP) is 2.73. The van der Waals surface area contributed by atoms with Gasteiger partial charge in [-0.3, -0.25) is 9.69 Å². The van der Waals surface area contributed by atoms with Gasteiger partial charge in [0.15, 0.2) is 0 Å². The van der Waals surface area contributed by atoms with E-state index in [-0.39, 0.29) is 5.91 Å². The van der Waals surface area contributed by atoms with Gasteiger partial charge in [-0.1, -0.05) is 6.42 Å². The molecule has 2 aliphatic heterocycles. The second kappa shape index (κ2) is 6.48. The van der Waals surface area contributed by atoms with Crippen LogP contribution in [0.1, 0.15) is 31.2 Å². The number of furan rings is 1. The second-order valence-electron chi connectivity index (χ2n) is 6.86. The molecule has 0 bridgehead atoms. The Morgan fingerprint density at radius 1 is 1.33 bits per heavy atom. The summed E-state index contributed by atoms with van der Waals surface area (Å²) in [4.78, 5) is 15.0. The van der Waals surface area contributed by atoms with Crippen molar-refractivity contribution in [2.45, 2.75) is 44.2 Å². The SMILES string of the molecule is COc1ccc2c(CC(=O)NC3CCN4CCCCC34)coc2c1. The van der Waals surface area contributed by atoms with Gasteiger partial charge in [0.2, 0.25) is 5.91 Å². The number of nitrogens with one attached hydrogen (secondary N) is 1. The smallest absolute Gasteiger partial charge is 0.224 e. The Morgan fingerprint density at radius 2 is 2.25 bits per heavy atom. The minimum absolute atomic E-state index is 0.0888. The molecule has 128 valence electrons. The van der Waals surface area contributed by atoms with Gasteiger partial charge in [0.1, 0.15) is 11.3 Å². The number of rotatable bonds is 4. The Labute approximate surface area is 141 Å². The van der Waals surface area contributed by atoms with Crippen LogP contribution in [-0.2, 0) is 11.2 Å². The van der Waals surface area contributed by atoms with Crippen molar-refractivity contribution in [1.29, 1.82) is 0 Å². The van der Waals surface area contributed by atoms with Gasteiger partial charge in [-0.2, -0.15) is 0 Å². The third-order valence-electron chi connectivity index (χ3n) is 5.42. The molecule has 2 atom stereocenters. The maximum absolute atomic E-state index is 12.5. The highest BCUT2D eigenvalue weighted by Crippen LogP contribution is 2.28. The van der Waals surface area contributed by atoms with Crippen molar-refractivity contribution in [2.24, 2.45) is 0 Å². The van der Waals surface area contributed by atoms with Crippen molar-refractivity contribution < 1.29 is 13.9 Å². The summed E-state index contributed by atoms with van der Waals surface area (Å²) in [5.74, 6) is 0.849. The monoisotopic (exact) mass is 328 g/mol. The molecule has 1 aromatic heterocycles. The van der Waals surface area contributed by atoms with Crippen LogP contribution in [0.4, 0.5) is 0 Å². The highest BCUT2D eigenvalue weighted by molar-refractivity contribution is 5.88. The Morgan fingerprint density at radius 3 is 3.12 bits per heavy atom. The lowest BCUT2D eigenvalue weighted by molar-refractivity contribution is -0.121. The van der Waals surface area contributed by atoms with E-state index < -0.39 is 0 Å². The van der Waals surface area contributed by atoms with Crippen molar-refractivity contribution in [3.05, 3.63) is 30.0 Å². The normalized spacial score (nSPS) is 24.0. The molecule has 2 fully saturated rings. The third kappa shape index (κ3) is 2.88. The van der Waals surface area contributed by atoms with Gasteiger partial charge in [-0.25, -0.2) is 0 Å². The maximum Gasteiger partial charge on any atom is 0.224 e. The fraction of sp³-hybridized carbons (Fsp3) is 0.526. The van der Waals surface area contributed by atoms with Crippen molar-refractivity contribution in [1.82, 2.24) is 10.2 Å². The van der Waals surface area contributed by atoms with Gasteiger partial charge in [-0.05, 0) is 37.9 Å². The lowest BCUT2D eigenvalue weighted by Crippen LogP contribution is -2.47. The number of fused-ring (bicyclic) bond motifs is 2. The minimum Gasteiger partial charge on any atom is -0.497 e. The van der Waals surface area contributed by atoms with Gasteiger partial charge >= 0.3 is 0 Å². The molecule has 2 aliphatic rings. The summed E-state index contributed by atoms with van der Waals surface area (Å²) in [5.41, 5.74) is 1.69. The summed E-state index contributed by atoms with van der Waals surface area (Å²) in [7, 11) is 1.63. The Balaban J connectivity index is 1.43. The second-order valence-corrected chi connectivity index (χ2v) is 6.86. The summed E-state index contributed by atoms with van der Waals surface area (Å²) in [6.45, 7) is 2.30. The van der Waals surface area contributed by atoms with E-state index >= 15 is 0 Å². The van der Waals surface area contributed by atoms with E-state index in [9.17, 15) is 4.79 Å². The fourth-order valence-electron chi connectivity index (χ4n) is 4.17. The summed E-state index contributed by atoms with van der Waals surface area (Å²) in [6, 6.07) is 6.55. The predicted molar refractivity (Wildman–Crippen MR) is 92.2 cm³/mol. The van der Waals surface area contributed by atoms with Crippen LogP contribution in [0.2, 0.25) is 0 Å². The van der Waals surface area contributed by atoms with E-state index in [1.807, 2.05) is 18.2 Å². The molecular formula is C19H24N2O3. The molecule has 24 heavy (non-hydrogen) atoms. The number of ether oxygens (including phenoxy) is 1. The molecule has 1 aromatic carbocycles. The van der Waals surface area contributed by atoms with Gasteiger partial charge in [0, 0.05) is 35.6 Å². The lowest BCUT2D eigenvalue weighted by Gasteiger charge is -2.32. The first-order chi connectivity index (χ1) is 11.7. The van der Waals surface area contributed by atoms with Crippen LogP contribution in [0.3, 0.4) is 0 Å². The first-order valence-electron chi connectivity index (χ1n) is 8.82. The summed E-state index contributed by atoms with van der Waals surface area (Å²) in [6.07, 6.45) is 6.90. The molecule has 4 rings (SSSR count). The third-order valence-corrected chi connectivity index (χ3v) is 5.42. The summed E-state index contributed by atoms with van der Waals surface area (Å²) in [5, 5.41) is 4.24. The van der Waals surface area contributed by atoms with Crippen molar-refractivity contribution in [2.75, 3.05) is 20.2 Å². The van der Waals surface area contributed by atoms with E-state index in [0.717, 1.165) is 35.2 Å². The molecule has 0 radical (unpaired) electrons. The molecule has 0 aliphatic carbocycles. The van der Waals surface area contributed by atoms with E-state index in [1.54, 1.807) is 13.4 Å². The average molecular weight is 328 g/mol. The molecule has 0 saturated carbocycles. The molecule has 0 spiro atoms. The largest absolute Gasteiger partial charge is 0.497 e. The van der Waals surface area contributed by atoms with Crippen LogP contribution in [0, 0.1) is 0 Å². The molecule has 5 heteroatoms. The molecule has 2 unspecified atom stereocenters. The molecule has 2 aromatic rings. The van der Waals surface area contributed by atoms with Gasteiger partial charge in [0.05, 0.1) is 19.8 Å². The molecule has 1 N–H and O–H groups in total. The number of benzene rings is 1. The molecule has 3 heterocycles. The van der Waals surface area contributed by atoms with Crippen molar-refractivity contribution >= 4 is 16.9 Å². The van der Waals surface area contributed by atoms with Crippen LogP contribution in [-0.4, -0.2) is 43.1 Å². The van der Waals surface area contributed by atoms with Gasteiger partial charge in [-0.15, -0.1) is 0 Å². The number of carbonyl (C=O) groups is 1. The topological polar surface area (TPSA) is 54.7 Å². The van der Waals surface area contributed by atoms with Gasteiger partial charge in [0.25, 0.3) is 0 Å². The number of carbonyl (C=O) groups excluding carboxylic acids is 1. The van der Waals surface area contributed by atoms with E-state index in [0.29, 0.717) is 18.5 Å². The first-order valence-corrected chi connectivity index (χ1v) is 8.82. The molecule has 1 amide bonds. The van der Waals surface area contributed by atoms with Crippen LogP contribution in [0.25, 0.3) is 11.0 Å². The number of hydrogen-bond acceptors (Lipinski definition) is 4. The maximum atomic E-state index is 12.5. The van der Waals surface area contributed by atoms with Crippen molar-refractivity contribution in [3.8, 4) is 5.75 Å². The lowest BCUT2D eigenvalue weighted by atomic mass is 9.99. The summed E-state index contributed by atoms with van der Waals surface area (Å²) >= 11 is 0. The van der Waals surface area contributed by atoms with Crippen molar-refractivity contribution in [3.63, 3.8) is 0 Å². The Bertz CT molecular complexity index is 739. The van der Waals surface area contributed by atoms with Crippen LogP contribution in [0.15, 0.2) is 28.9 Å². The standard InChI is InChI=1S/C19H24N2O3/c1-23-14-5-6-15-13(12-24-18(15)11-14)10-19(22)20-16-7-9-21-8-3-2-4-17(16)21/h5-6,11-12,16-17H,2-4,7-10H2,1H3,(H,20,22). The van der Waals surface area contributed by atoms with Crippen LogP contribution >= 0.6 is 0 Å². The zero-order chi connectivity index (χ0) is 16.5. The number of nitrogens with zero attached hydrogens (tertiary/aromatic N) is 1. The zero-order valence-corrected chi connectivity index (χ0v) is 14.1. The summed E-state index contributed by atoms with van der Waals surface area (Å²) < 4.78 is 10.8. The molecular weight excluding hydrogens is 304 g/mol. The zero-order valence-electron chi connectivity index (χ0n) is 14.1. The van der Waals surface area contributed by atoms with E-state index in [4.69, 9.17) is 9.15 Å².